The molecule has 94 valence electrons. The molecule has 0 saturated carbocycles. The Morgan fingerprint density at radius 2 is 1.71 bits per heavy atom. The number of allylic oxidation sites excluding steroid dienone is 1. The fourth-order valence-electron chi connectivity index (χ4n) is 1.65. The molecule has 1 heteroatoms. The van der Waals surface area contributed by atoms with Crippen molar-refractivity contribution < 1.29 is 0 Å². The highest BCUT2D eigenvalue weighted by molar-refractivity contribution is 6.19. The summed E-state index contributed by atoms with van der Waals surface area (Å²) < 4.78 is 0. The molecule has 0 aliphatic heterocycles. The lowest BCUT2D eigenvalue weighted by atomic mass is 9.86. The van der Waals surface area contributed by atoms with Crippen molar-refractivity contribution in [1.29, 1.82) is 0 Å². The Morgan fingerprint density at radius 1 is 1.18 bits per heavy atom. The van der Waals surface area contributed by atoms with Gasteiger partial charge in [0.05, 0.1) is 0 Å². The minimum atomic E-state index is 0.218. The second-order valence-corrected chi connectivity index (χ2v) is 6.15. The van der Waals surface area contributed by atoms with Crippen LogP contribution in [-0.2, 0) is 5.41 Å². The molecule has 0 aliphatic carbocycles. The molecule has 0 unspecified atom stereocenters. The molecule has 0 nitrogen and oxygen atoms in total. The summed E-state index contributed by atoms with van der Waals surface area (Å²) in [6, 6.07) is 8.76. The number of rotatable bonds is 3. The molecular formula is C16H23Cl. The van der Waals surface area contributed by atoms with Gasteiger partial charge in [-0.25, -0.2) is 0 Å². The Kier molecular flexibility index (Phi) is 4.82. The van der Waals surface area contributed by atoms with Crippen LogP contribution in [-0.4, -0.2) is 5.88 Å². The van der Waals surface area contributed by atoms with Gasteiger partial charge in [-0.2, -0.15) is 0 Å². The van der Waals surface area contributed by atoms with Crippen molar-refractivity contribution in [3.63, 3.8) is 0 Å². The lowest BCUT2D eigenvalue weighted by Crippen LogP contribution is -2.10. The molecular weight excluding hydrogens is 228 g/mol. The van der Waals surface area contributed by atoms with E-state index in [9.17, 15) is 0 Å². The predicted octanol–water partition coefficient (Wildman–Crippen LogP) is 5.26. The Balaban J connectivity index is 2.96. The van der Waals surface area contributed by atoms with Gasteiger partial charge in [0.25, 0.3) is 0 Å². The summed E-state index contributed by atoms with van der Waals surface area (Å²) in [5.74, 6) is 1.12. The molecule has 0 radical (unpaired) electrons. The van der Waals surface area contributed by atoms with E-state index in [1.165, 1.54) is 16.7 Å². The molecule has 1 rings (SSSR count). The molecule has 0 bridgehead atoms. The van der Waals surface area contributed by atoms with Crippen molar-refractivity contribution in [2.24, 2.45) is 5.92 Å². The van der Waals surface area contributed by atoms with Gasteiger partial charge >= 0.3 is 0 Å². The Labute approximate surface area is 111 Å². The number of halogens is 1. The molecule has 0 saturated heterocycles. The summed E-state index contributed by atoms with van der Waals surface area (Å²) >= 11 is 5.95. The van der Waals surface area contributed by atoms with E-state index in [1.807, 2.05) is 0 Å². The largest absolute Gasteiger partial charge is 0.122 e. The predicted molar refractivity (Wildman–Crippen MR) is 78.7 cm³/mol. The fourth-order valence-corrected chi connectivity index (χ4v) is 2.04. The molecule has 0 atom stereocenters. The average molecular weight is 251 g/mol. The summed E-state index contributed by atoms with van der Waals surface area (Å²) in [6.07, 6.45) is 2.20. The maximum Gasteiger partial charge on any atom is 0.0439 e. The maximum atomic E-state index is 5.95. The Morgan fingerprint density at radius 3 is 2.06 bits per heavy atom. The van der Waals surface area contributed by atoms with Gasteiger partial charge in [-0.15, -0.1) is 11.6 Å². The van der Waals surface area contributed by atoms with E-state index in [-0.39, 0.29) is 5.41 Å². The summed E-state index contributed by atoms with van der Waals surface area (Å²) in [6.45, 7) is 11.1. The van der Waals surface area contributed by atoms with Crippen molar-refractivity contribution >= 4 is 17.7 Å². The van der Waals surface area contributed by atoms with Crippen LogP contribution in [0.5, 0.6) is 0 Å². The second kappa shape index (κ2) is 5.73. The zero-order chi connectivity index (χ0) is 13.1. The third kappa shape index (κ3) is 4.20. The minimum Gasteiger partial charge on any atom is -0.122 e. The normalized spacial score (nSPS) is 13.2. The van der Waals surface area contributed by atoms with E-state index in [0.717, 1.165) is 0 Å². The van der Waals surface area contributed by atoms with Gasteiger partial charge in [0.2, 0.25) is 0 Å². The van der Waals surface area contributed by atoms with Crippen molar-refractivity contribution in [1.82, 2.24) is 0 Å². The van der Waals surface area contributed by atoms with Gasteiger partial charge < -0.3 is 0 Å². The summed E-state index contributed by atoms with van der Waals surface area (Å²) in [4.78, 5) is 0. The van der Waals surface area contributed by atoms with Crippen molar-refractivity contribution in [2.75, 3.05) is 5.88 Å². The standard InChI is InChI=1S/C16H23Cl/c1-12(2)14(11-17)10-13-6-8-15(9-7-13)16(3,4)5/h6-10,12H,11H2,1-5H3. The van der Waals surface area contributed by atoms with Crippen LogP contribution >= 0.6 is 11.6 Å². The molecule has 0 amide bonds. The minimum absolute atomic E-state index is 0.218. The zero-order valence-electron chi connectivity index (χ0n) is 11.5. The van der Waals surface area contributed by atoms with Crippen LogP contribution in [0.25, 0.3) is 6.08 Å². The molecule has 17 heavy (non-hydrogen) atoms. The first-order chi connectivity index (χ1) is 7.84. The SMILES string of the molecule is CC(C)C(=Cc1ccc(C(C)(C)C)cc1)CCl. The quantitative estimate of drug-likeness (QED) is 0.642. The zero-order valence-corrected chi connectivity index (χ0v) is 12.3. The summed E-state index contributed by atoms with van der Waals surface area (Å²) in [7, 11) is 0. The van der Waals surface area contributed by atoms with Gasteiger partial charge in [0.1, 0.15) is 0 Å². The van der Waals surface area contributed by atoms with Gasteiger partial charge in [-0.1, -0.05) is 70.5 Å². The average Bonchev–Trinajstić information content (AvgIpc) is 2.25. The third-order valence-electron chi connectivity index (χ3n) is 3.02. The summed E-state index contributed by atoms with van der Waals surface area (Å²) in [5, 5.41) is 0. The Bertz CT molecular complexity index is 377. The molecule has 0 fully saturated rings. The molecule has 0 aromatic heterocycles. The van der Waals surface area contributed by atoms with E-state index in [4.69, 9.17) is 11.6 Å². The topological polar surface area (TPSA) is 0 Å². The van der Waals surface area contributed by atoms with E-state index in [1.54, 1.807) is 0 Å². The highest BCUT2D eigenvalue weighted by Gasteiger charge is 2.12. The van der Waals surface area contributed by atoms with Crippen molar-refractivity contribution in [3.8, 4) is 0 Å². The van der Waals surface area contributed by atoms with Crippen LogP contribution in [0, 0.1) is 5.92 Å². The highest BCUT2D eigenvalue weighted by Crippen LogP contribution is 2.23. The molecule has 0 heterocycles. The number of benzene rings is 1. The third-order valence-corrected chi connectivity index (χ3v) is 3.33. The fraction of sp³-hybridized carbons (Fsp3) is 0.500. The first kappa shape index (κ1) is 14.3. The van der Waals surface area contributed by atoms with E-state index in [0.29, 0.717) is 11.8 Å². The number of alkyl halides is 1. The number of hydrogen-bond donors (Lipinski definition) is 0. The van der Waals surface area contributed by atoms with Gasteiger partial charge in [-0.3, -0.25) is 0 Å². The molecule has 1 aromatic carbocycles. The smallest absolute Gasteiger partial charge is 0.0439 e. The lowest BCUT2D eigenvalue weighted by molar-refractivity contribution is 0.590. The molecule has 0 spiro atoms. The molecule has 0 N–H and O–H groups in total. The van der Waals surface area contributed by atoms with Gasteiger partial charge in [0.15, 0.2) is 0 Å². The monoisotopic (exact) mass is 250 g/mol. The molecule has 0 aliphatic rings. The van der Waals surface area contributed by atoms with E-state index in [2.05, 4.69) is 65.0 Å². The van der Waals surface area contributed by atoms with Crippen LogP contribution in [0.15, 0.2) is 29.8 Å². The second-order valence-electron chi connectivity index (χ2n) is 5.88. The Hall–Kier alpha value is -0.750. The first-order valence-corrected chi connectivity index (χ1v) is 6.75. The summed E-state index contributed by atoms with van der Waals surface area (Å²) in [5.41, 5.74) is 4.11. The highest BCUT2D eigenvalue weighted by atomic mass is 35.5. The van der Waals surface area contributed by atoms with Crippen molar-refractivity contribution in [2.45, 2.75) is 40.0 Å². The van der Waals surface area contributed by atoms with Crippen LogP contribution in [0.4, 0.5) is 0 Å². The lowest BCUT2D eigenvalue weighted by Gasteiger charge is -2.19. The van der Waals surface area contributed by atoms with Crippen LogP contribution in [0.1, 0.15) is 45.7 Å². The van der Waals surface area contributed by atoms with Crippen LogP contribution < -0.4 is 0 Å². The van der Waals surface area contributed by atoms with Crippen LogP contribution in [0.2, 0.25) is 0 Å². The maximum absolute atomic E-state index is 5.95. The van der Waals surface area contributed by atoms with Crippen molar-refractivity contribution in [3.05, 3.63) is 41.0 Å². The van der Waals surface area contributed by atoms with Gasteiger partial charge in [0, 0.05) is 5.88 Å². The van der Waals surface area contributed by atoms with E-state index >= 15 is 0 Å². The van der Waals surface area contributed by atoms with Crippen LogP contribution in [0.3, 0.4) is 0 Å². The molecule has 1 aromatic rings. The van der Waals surface area contributed by atoms with E-state index < -0.39 is 0 Å². The number of hydrogen-bond acceptors (Lipinski definition) is 0. The first-order valence-electron chi connectivity index (χ1n) is 6.21. The van der Waals surface area contributed by atoms with Gasteiger partial charge in [-0.05, 0) is 22.5 Å².